The standard InChI is InChI=1S/C13H12N4O4S/c1-10-8-13(17(18)19)15-16(10)6-7-22(20,21)12-4-2-11(9-14)3-5-12/h2-5,8H,6-7H2,1H3. The van der Waals surface area contributed by atoms with Crippen LogP contribution in [0.15, 0.2) is 35.2 Å². The summed E-state index contributed by atoms with van der Waals surface area (Å²) in [7, 11) is -3.55. The van der Waals surface area contributed by atoms with Crippen LogP contribution < -0.4 is 0 Å². The SMILES string of the molecule is Cc1cc([N+](=O)[O-])nn1CCS(=O)(=O)c1ccc(C#N)cc1. The third-order valence-electron chi connectivity index (χ3n) is 3.07. The van der Waals surface area contributed by atoms with Crippen LogP contribution in [0.3, 0.4) is 0 Å². The number of hydrogen-bond acceptors (Lipinski definition) is 6. The van der Waals surface area contributed by atoms with E-state index in [1.165, 1.54) is 35.0 Å². The van der Waals surface area contributed by atoms with Crippen LogP contribution in [0.2, 0.25) is 0 Å². The molecule has 0 aliphatic heterocycles. The summed E-state index contributed by atoms with van der Waals surface area (Å²) in [4.78, 5) is 10.1. The molecule has 114 valence electrons. The third-order valence-corrected chi connectivity index (χ3v) is 4.78. The monoisotopic (exact) mass is 320 g/mol. The van der Waals surface area contributed by atoms with Crippen molar-refractivity contribution >= 4 is 15.7 Å². The Morgan fingerprint density at radius 1 is 1.36 bits per heavy atom. The molecule has 0 aliphatic carbocycles. The van der Waals surface area contributed by atoms with E-state index in [2.05, 4.69) is 5.10 Å². The van der Waals surface area contributed by atoms with Gasteiger partial charge in [0.25, 0.3) is 0 Å². The Morgan fingerprint density at radius 3 is 2.50 bits per heavy atom. The molecule has 1 heterocycles. The summed E-state index contributed by atoms with van der Waals surface area (Å²) < 4.78 is 25.7. The van der Waals surface area contributed by atoms with Gasteiger partial charge in [0.2, 0.25) is 0 Å². The molecule has 1 aromatic carbocycles. The molecule has 2 aromatic rings. The summed E-state index contributed by atoms with van der Waals surface area (Å²) in [6.07, 6.45) is 0. The largest absolute Gasteiger partial charge is 0.390 e. The molecule has 2 rings (SSSR count). The Bertz CT molecular complexity index is 847. The number of rotatable bonds is 5. The lowest BCUT2D eigenvalue weighted by Gasteiger charge is -2.04. The molecule has 22 heavy (non-hydrogen) atoms. The number of nitro groups is 1. The molecule has 0 atom stereocenters. The quantitative estimate of drug-likeness (QED) is 0.607. The molecule has 0 saturated carbocycles. The normalized spacial score (nSPS) is 11.1. The highest BCUT2D eigenvalue weighted by atomic mass is 32.2. The molecular formula is C13H12N4O4S. The van der Waals surface area contributed by atoms with Crippen molar-refractivity contribution in [3.63, 3.8) is 0 Å². The number of sulfone groups is 1. The molecule has 1 aromatic heterocycles. The van der Waals surface area contributed by atoms with Crippen molar-refractivity contribution in [3.05, 3.63) is 51.7 Å². The van der Waals surface area contributed by atoms with Gasteiger partial charge in [0.15, 0.2) is 9.84 Å². The molecular weight excluding hydrogens is 308 g/mol. The van der Waals surface area contributed by atoms with Crippen molar-refractivity contribution < 1.29 is 13.3 Å². The summed E-state index contributed by atoms with van der Waals surface area (Å²) >= 11 is 0. The van der Waals surface area contributed by atoms with Gasteiger partial charge in [-0.05, 0) is 36.1 Å². The number of hydrogen-bond donors (Lipinski definition) is 0. The van der Waals surface area contributed by atoms with Crippen molar-refractivity contribution in [2.75, 3.05) is 5.75 Å². The first kappa shape index (κ1) is 15.7. The van der Waals surface area contributed by atoms with Gasteiger partial charge in [-0.1, -0.05) is 0 Å². The minimum Gasteiger partial charge on any atom is -0.358 e. The topological polar surface area (TPSA) is 119 Å². The maximum atomic E-state index is 12.2. The summed E-state index contributed by atoms with van der Waals surface area (Å²) in [6, 6.07) is 8.79. The van der Waals surface area contributed by atoms with E-state index >= 15 is 0 Å². The van der Waals surface area contributed by atoms with Gasteiger partial charge in [-0.2, -0.15) is 9.94 Å². The predicted molar refractivity (Wildman–Crippen MR) is 76.8 cm³/mol. The number of aromatic nitrogens is 2. The van der Waals surface area contributed by atoms with Crippen molar-refractivity contribution in [2.45, 2.75) is 18.4 Å². The zero-order valence-electron chi connectivity index (χ0n) is 11.6. The summed E-state index contributed by atoms with van der Waals surface area (Å²) in [6.45, 7) is 1.64. The van der Waals surface area contributed by atoms with Crippen LogP contribution in [0, 0.1) is 28.4 Å². The summed E-state index contributed by atoms with van der Waals surface area (Å²) in [5, 5.41) is 23.1. The van der Waals surface area contributed by atoms with Crippen LogP contribution >= 0.6 is 0 Å². The minimum atomic E-state index is -3.55. The second kappa shape index (κ2) is 5.95. The number of nitriles is 1. The van der Waals surface area contributed by atoms with Gasteiger partial charge >= 0.3 is 5.82 Å². The first-order chi connectivity index (χ1) is 10.3. The van der Waals surface area contributed by atoms with Gasteiger partial charge < -0.3 is 10.1 Å². The van der Waals surface area contributed by atoms with Crippen molar-refractivity contribution in [1.29, 1.82) is 5.26 Å². The van der Waals surface area contributed by atoms with Crippen LogP contribution in [0.5, 0.6) is 0 Å². The predicted octanol–water partition coefficient (Wildman–Crippen LogP) is 1.45. The summed E-state index contributed by atoms with van der Waals surface area (Å²) in [5.74, 6) is -0.549. The van der Waals surface area contributed by atoms with E-state index in [0.29, 0.717) is 11.3 Å². The molecule has 0 spiro atoms. The second-order valence-electron chi connectivity index (χ2n) is 4.58. The molecule has 0 unspecified atom stereocenters. The fraction of sp³-hybridized carbons (Fsp3) is 0.231. The average molecular weight is 320 g/mol. The van der Waals surface area contributed by atoms with Gasteiger partial charge in [-0.3, -0.25) is 0 Å². The molecule has 8 nitrogen and oxygen atoms in total. The molecule has 0 radical (unpaired) electrons. The Labute approximate surface area is 126 Å². The lowest BCUT2D eigenvalue weighted by Crippen LogP contribution is -2.15. The Kier molecular flexibility index (Phi) is 4.23. The van der Waals surface area contributed by atoms with Crippen molar-refractivity contribution in [2.24, 2.45) is 0 Å². The van der Waals surface area contributed by atoms with E-state index in [1.54, 1.807) is 6.92 Å². The van der Waals surface area contributed by atoms with Crippen molar-refractivity contribution in [3.8, 4) is 6.07 Å². The molecule has 0 bridgehead atoms. The molecule has 0 amide bonds. The van der Waals surface area contributed by atoms with Crippen LogP contribution in [0.1, 0.15) is 11.3 Å². The Balaban J connectivity index is 2.16. The van der Waals surface area contributed by atoms with Gasteiger partial charge in [0.1, 0.15) is 0 Å². The zero-order valence-corrected chi connectivity index (χ0v) is 12.4. The molecule has 0 saturated heterocycles. The van der Waals surface area contributed by atoms with E-state index in [4.69, 9.17) is 5.26 Å². The van der Waals surface area contributed by atoms with Crippen LogP contribution in [0.25, 0.3) is 0 Å². The smallest absolute Gasteiger partial charge is 0.358 e. The van der Waals surface area contributed by atoms with Crippen LogP contribution in [-0.2, 0) is 16.4 Å². The zero-order chi connectivity index (χ0) is 16.3. The maximum Gasteiger partial charge on any atom is 0.390 e. The van der Waals surface area contributed by atoms with E-state index in [9.17, 15) is 18.5 Å². The fourth-order valence-electron chi connectivity index (χ4n) is 1.87. The second-order valence-corrected chi connectivity index (χ2v) is 6.69. The van der Waals surface area contributed by atoms with E-state index < -0.39 is 14.8 Å². The molecule has 0 aliphatic rings. The maximum absolute atomic E-state index is 12.2. The van der Waals surface area contributed by atoms with E-state index in [-0.39, 0.29) is 23.0 Å². The molecule has 0 N–H and O–H groups in total. The van der Waals surface area contributed by atoms with Crippen molar-refractivity contribution in [1.82, 2.24) is 9.78 Å². The lowest BCUT2D eigenvalue weighted by molar-refractivity contribution is -0.389. The molecule has 9 heteroatoms. The third kappa shape index (κ3) is 3.29. The van der Waals surface area contributed by atoms with Gasteiger partial charge in [0.05, 0.1) is 45.7 Å². The number of benzene rings is 1. The average Bonchev–Trinajstić information content (AvgIpc) is 2.87. The highest BCUT2D eigenvalue weighted by Gasteiger charge is 2.19. The minimum absolute atomic E-state index is 0.0159. The van der Waals surface area contributed by atoms with Gasteiger partial charge in [-0.25, -0.2) is 8.42 Å². The van der Waals surface area contributed by atoms with E-state index in [1.807, 2.05) is 6.07 Å². The van der Waals surface area contributed by atoms with Crippen LogP contribution in [0.4, 0.5) is 5.82 Å². The Hall–Kier alpha value is -2.73. The van der Waals surface area contributed by atoms with Gasteiger partial charge in [-0.15, -0.1) is 0 Å². The van der Waals surface area contributed by atoms with Gasteiger partial charge in [0, 0.05) is 0 Å². The number of aryl methyl sites for hydroxylation is 2. The van der Waals surface area contributed by atoms with Crippen LogP contribution in [-0.4, -0.2) is 28.9 Å². The number of nitrogens with zero attached hydrogens (tertiary/aromatic N) is 4. The summed E-state index contributed by atoms with van der Waals surface area (Å²) in [5.41, 5.74) is 0.888. The first-order valence-corrected chi connectivity index (χ1v) is 7.90. The first-order valence-electron chi connectivity index (χ1n) is 6.25. The fourth-order valence-corrected chi connectivity index (χ4v) is 3.07. The highest BCUT2D eigenvalue weighted by Crippen LogP contribution is 2.15. The molecule has 0 fully saturated rings. The highest BCUT2D eigenvalue weighted by molar-refractivity contribution is 7.91. The Morgan fingerprint density at radius 2 is 2.00 bits per heavy atom. The van der Waals surface area contributed by atoms with E-state index in [0.717, 1.165) is 0 Å². The lowest BCUT2D eigenvalue weighted by atomic mass is 10.2.